The van der Waals surface area contributed by atoms with Crippen molar-refractivity contribution in [3.8, 4) is 11.5 Å². The number of esters is 1. The molecule has 0 aliphatic carbocycles. The highest BCUT2D eigenvalue weighted by atomic mass is 32.2. The van der Waals surface area contributed by atoms with E-state index in [4.69, 9.17) is 18.6 Å². The van der Waals surface area contributed by atoms with Crippen LogP contribution in [0.4, 0.5) is 5.88 Å². The fourth-order valence-electron chi connectivity index (χ4n) is 2.60. The van der Waals surface area contributed by atoms with Gasteiger partial charge in [-0.05, 0) is 32.9 Å². The van der Waals surface area contributed by atoms with Gasteiger partial charge in [-0.3, -0.25) is 4.79 Å². The summed E-state index contributed by atoms with van der Waals surface area (Å²) in [5.41, 5.74) is -0.306. The normalized spacial score (nSPS) is 11.0. The number of hydrogen-bond donors (Lipinski definition) is 1. The summed E-state index contributed by atoms with van der Waals surface area (Å²) >= 11 is 0. The van der Waals surface area contributed by atoms with Gasteiger partial charge in [0, 0.05) is 6.07 Å². The van der Waals surface area contributed by atoms with E-state index in [1.807, 2.05) is 0 Å². The third-order valence-corrected chi connectivity index (χ3v) is 5.14. The molecular formula is C18H21NO8S. The summed E-state index contributed by atoms with van der Waals surface area (Å²) in [6, 6.07) is 3.98. The van der Waals surface area contributed by atoms with Gasteiger partial charge in [-0.1, -0.05) is 0 Å². The highest BCUT2D eigenvalue weighted by Gasteiger charge is 2.30. The van der Waals surface area contributed by atoms with Crippen molar-refractivity contribution in [3.05, 3.63) is 35.1 Å². The van der Waals surface area contributed by atoms with E-state index in [1.54, 1.807) is 6.92 Å². The third kappa shape index (κ3) is 4.11. The molecule has 10 heteroatoms. The first-order valence-corrected chi connectivity index (χ1v) is 9.70. The summed E-state index contributed by atoms with van der Waals surface area (Å²) in [4.78, 5) is 24.1. The summed E-state index contributed by atoms with van der Waals surface area (Å²) in [5.74, 6) is -1.07. The molecule has 0 aliphatic heterocycles. The van der Waals surface area contributed by atoms with Gasteiger partial charge < -0.3 is 18.6 Å². The van der Waals surface area contributed by atoms with Gasteiger partial charge in [0.25, 0.3) is 10.0 Å². The molecule has 0 bridgehead atoms. The second-order valence-corrected chi connectivity index (χ2v) is 7.32. The van der Waals surface area contributed by atoms with Crippen LogP contribution >= 0.6 is 0 Å². The fourth-order valence-corrected chi connectivity index (χ4v) is 3.62. The van der Waals surface area contributed by atoms with E-state index in [0.717, 1.165) is 0 Å². The van der Waals surface area contributed by atoms with Crippen LogP contribution in [-0.2, 0) is 14.8 Å². The van der Waals surface area contributed by atoms with E-state index in [2.05, 4.69) is 4.72 Å². The minimum Gasteiger partial charge on any atom is -0.493 e. The third-order valence-electron chi connectivity index (χ3n) is 3.81. The van der Waals surface area contributed by atoms with Crippen LogP contribution in [0.3, 0.4) is 0 Å². The van der Waals surface area contributed by atoms with Gasteiger partial charge >= 0.3 is 5.97 Å². The molecule has 1 aromatic heterocycles. The molecule has 0 spiro atoms. The number of nitrogens with one attached hydrogen (secondary N) is 1. The van der Waals surface area contributed by atoms with Crippen molar-refractivity contribution in [1.29, 1.82) is 0 Å². The van der Waals surface area contributed by atoms with Crippen LogP contribution in [0.15, 0.2) is 27.5 Å². The smallest absolute Gasteiger partial charge is 0.344 e. The maximum atomic E-state index is 12.8. The van der Waals surface area contributed by atoms with E-state index in [1.165, 1.54) is 46.3 Å². The van der Waals surface area contributed by atoms with Gasteiger partial charge in [-0.25, -0.2) is 17.9 Å². The van der Waals surface area contributed by atoms with Crippen LogP contribution in [0.1, 0.15) is 40.3 Å². The van der Waals surface area contributed by atoms with Crippen LogP contribution in [0.2, 0.25) is 0 Å². The molecule has 1 heterocycles. The van der Waals surface area contributed by atoms with Crippen LogP contribution in [0, 0.1) is 6.92 Å². The van der Waals surface area contributed by atoms with Crippen LogP contribution < -0.4 is 14.2 Å². The molecule has 2 aromatic rings. The largest absolute Gasteiger partial charge is 0.493 e. The second kappa shape index (κ2) is 8.34. The standard InChI is InChI=1S/C18H21NO8S/c1-6-26-18(21)16-15(10(2)20)11(3)27-17(16)19-28(22,23)12-7-8-13(24-4)14(9-12)25-5/h7-9,19H,6H2,1-5H3. The highest BCUT2D eigenvalue weighted by molar-refractivity contribution is 7.92. The number of benzene rings is 1. The number of hydrogen-bond acceptors (Lipinski definition) is 8. The van der Waals surface area contributed by atoms with Crippen molar-refractivity contribution in [2.24, 2.45) is 0 Å². The molecule has 0 atom stereocenters. The van der Waals surface area contributed by atoms with Crippen molar-refractivity contribution in [2.45, 2.75) is 25.7 Å². The predicted octanol–water partition coefficient (Wildman–Crippen LogP) is 2.79. The molecule has 0 fully saturated rings. The van der Waals surface area contributed by atoms with Gasteiger partial charge in [0.2, 0.25) is 5.88 Å². The Labute approximate surface area is 162 Å². The van der Waals surface area contributed by atoms with Crippen LogP contribution in [0.5, 0.6) is 11.5 Å². The van der Waals surface area contributed by atoms with Crippen LogP contribution in [-0.4, -0.2) is 41.0 Å². The van der Waals surface area contributed by atoms with E-state index in [9.17, 15) is 18.0 Å². The van der Waals surface area contributed by atoms with Crippen molar-refractivity contribution in [1.82, 2.24) is 0 Å². The summed E-state index contributed by atoms with van der Waals surface area (Å²) in [7, 11) is -1.38. The van der Waals surface area contributed by atoms with Gasteiger partial charge in [0.15, 0.2) is 17.3 Å². The van der Waals surface area contributed by atoms with Gasteiger partial charge in [0.1, 0.15) is 11.3 Å². The maximum Gasteiger partial charge on any atom is 0.344 e. The molecular weight excluding hydrogens is 390 g/mol. The van der Waals surface area contributed by atoms with Gasteiger partial charge in [0.05, 0.1) is 31.3 Å². The molecule has 0 aliphatic rings. The molecule has 0 unspecified atom stereocenters. The van der Waals surface area contributed by atoms with E-state index >= 15 is 0 Å². The quantitative estimate of drug-likeness (QED) is 0.520. The van der Waals surface area contributed by atoms with E-state index in [-0.39, 0.29) is 34.1 Å². The summed E-state index contributed by atoms with van der Waals surface area (Å²) in [6.45, 7) is 4.33. The Morgan fingerprint density at radius 2 is 1.75 bits per heavy atom. The van der Waals surface area contributed by atoms with E-state index < -0.39 is 27.7 Å². The highest BCUT2D eigenvalue weighted by Crippen LogP contribution is 2.33. The number of rotatable bonds is 8. The number of carbonyl (C=O) groups is 2. The number of carbonyl (C=O) groups excluding carboxylic acids is 2. The molecule has 2 rings (SSSR count). The van der Waals surface area contributed by atoms with Crippen molar-refractivity contribution in [2.75, 3.05) is 25.5 Å². The number of aryl methyl sites for hydroxylation is 1. The molecule has 0 saturated carbocycles. The Kier molecular flexibility index (Phi) is 6.34. The lowest BCUT2D eigenvalue weighted by atomic mass is 10.1. The monoisotopic (exact) mass is 411 g/mol. The Balaban J connectivity index is 2.54. The SMILES string of the molecule is CCOC(=O)c1c(NS(=O)(=O)c2ccc(OC)c(OC)c2)oc(C)c1C(C)=O. The first-order valence-electron chi connectivity index (χ1n) is 8.22. The Hall–Kier alpha value is -3.01. The second-order valence-electron chi connectivity index (χ2n) is 5.64. The van der Waals surface area contributed by atoms with Gasteiger partial charge in [-0.15, -0.1) is 0 Å². The number of Topliss-reactive ketones (excluding diaryl/α,β-unsaturated/α-hetero) is 1. The van der Waals surface area contributed by atoms with E-state index in [0.29, 0.717) is 5.75 Å². The first kappa shape index (κ1) is 21.3. The Morgan fingerprint density at radius 3 is 2.29 bits per heavy atom. The minimum atomic E-state index is -4.17. The first-order chi connectivity index (χ1) is 13.2. The summed E-state index contributed by atoms with van der Waals surface area (Å²) < 4.78 is 48.3. The predicted molar refractivity (Wildman–Crippen MR) is 99.8 cm³/mol. The fraction of sp³-hybridized carbons (Fsp3) is 0.333. The number of sulfonamides is 1. The zero-order valence-corrected chi connectivity index (χ0v) is 16.9. The summed E-state index contributed by atoms with van der Waals surface area (Å²) in [6.07, 6.45) is 0. The average Bonchev–Trinajstić information content (AvgIpc) is 2.96. The van der Waals surface area contributed by atoms with Crippen molar-refractivity contribution < 1.29 is 36.6 Å². The minimum absolute atomic E-state index is 0.0385. The number of anilines is 1. The molecule has 9 nitrogen and oxygen atoms in total. The molecule has 0 saturated heterocycles. The summed E-state index contributed by atoms with van der Waals surface area (Å²) in [5, 5.41) is 0. The zero-order chi connectivity index (χ0) is 21.1. The molecule has 0 amide bonds. The topological polar surface area (TPSA) is 121 Å². The molecule has 152 valence electrons. The number of methoxy groups -OCH3 is 2. The van der Waals surface area contributed by atoms with Gasteiger partial charge in [-0.2, -0.15) is 0 Å². The Bertz CT molecular complexity index is 1010. The molecule has 1 aromatic carbocycles. The Morgan fingerprint density at radius 1 is 1.11 bits per heavy atom. The lowest BCUT2D eigenvalue weighted by Gasteiger charge is -2.11. The number of ketones is 1. The zero-order valence-electron chi connectivity index (χ0n) is 16.1. The molecule has 28 heavy (non-hydrogen) atoms. The lowest BCUT2D eigenvalue weighted by molar-refractivity contribution is 0.0524. The number of ether oxygens (including phenoxy) is 3. The van der Waals surface area contributed by atoms with Crippen molar-refractivity contribution >= 4 is 27.7 Å². The molecule has 0 radical (unpaired) electrons. The van der Waals surface area contributed by atoms with Crippen LogP contribution in [0.25, 0.3) is 0 Å². The van der Waals surface area contributed by atoms with Crippen molar-refractivity contribution in [3.63, 3.8) is 0 Å². The lowest BCUT2D eigenvalue weighted by Crippen LogP contribution is -2.17. The molecule has 1 N–H and O–H groups in total. The number of furan rings is 1. The maximum absolute atomic E-state index is 12.8. The average molecular weight is 411 g/mol.